The molecule has 0 fully saturated rings. The molecule has 0 saturated carbocycles. The zero-order chi connectivity index (χ0) is 21.3. The number of anilines is 4. The smallest absolute Gasteiger partial charge is 0.334 e. The monoisotopic (exact) mass is 415 g/mol. The predicted molar refractivity (Wildman–Crippen MR) is 105 cm³/mol. The third-order valence-electron chi connectivity index (χ3n) is 4.83. The van der Waals surface area contributed by atoms with Crippen LogP contribution in [0.4, 0.5) is 41.9 Å². The molecule has 0 radical (unpaired) electrons. The maximum Gasteiger partial charge on any atom is 0.416 e. The van der Waals surface area contributed by atoms with Gasteiger partial charge in [-0.15, -0.1) is 0 Å². The first-order valence-electron chi connectivity index (χ1n) is 9.14. The van der Waals surface area contributed by atoms with Gasteiger partial charge in [0.2, 0.25) is 11.6 Å². The predicted octanol–water partition coefficient (Wildman–Crippen LogP) is 5.23. The number of hydrogen-bond donors (Lipinski definition) is 1. The van der Waals surface area contributed by atoms with Crippen LogP contribution in [0, 0.1) is 10.1 Å². The summed E-state index contributed by atoms with van der Waals surface area (Å²) in [5, 5.41) is 14.6. The first-order chi connectivity index (χ1) is 14.3. The number of aryl methyl sites for hydroxylation is 1. The molecule has 1 N–H and O–H groups in total. The van der Waals surface area contributed by atoms with Gasteiger partial charge in [-0.05, 0) is 48.7 Å². The molecule has 0 saturated heterocycles. The molecule has 4 rings (SSSR count). The van der Waals surface area contributed by atoms with Crippen LogP contribution in [0.2, 0.25) is 0 Å². The Morgan fingerprint density at radius 3 is 2.50 bits per heavy atom. The summed E-state index contributed by atoms with van der Waals surface area (Å²) >= 11 is 0. The molecule has 0 spiro atoms. The van der Waals surface area contributed by atoms with Crippen LogP contribution in [0.1, 0.15) is 17.5 Å². The molecule has 1 aliphatic heterocycles. The van der Waals surface area contributed by atoms with Crippen LogP contribution in [-0.2, 0) is 12.6 Å². The van der Waals surface area contributed by atoms with E-state index in [1.165, 1.54) is 18.5 Å². The van der Waals surface area contributed by atoms with Crippen molar-refractivity contribution in [2.75, 3.05) is 16.8 Å². The molecule has 3 aromatic rings. The van der Waals surface area contributed by atoms with Gasteiger partial charge in [-0.1, -0.05) is 18.2 Å². The molecule has 154 valence electrons. The van der Waals surface area contributed by atoms with Crippen LogP contribution >= 0.6 is 0 Å². The SMILES string of the molecule is O=[N+]([O-])c1c(Nc2ccc(C(F)(F)F)cc2)ncnc1N1CCCc2ccccc21. The van der Waals surface area contributed by atoms with Crippen LogP contribution in [-0.4, -0.2) is 21.4 Å². The van der Waals surface area contributed by atoms with Crippen molar-refractivity contribution in [3.8, 4) is 0 Å². The van der Waals surface area contributed by atoms with Crippen LogP contribution in [0.15, 0.2) is 54.9 Å². The lowest BCUT2D eigenvalue weighted by Gasteiger charge is -2.30. The van der Waals surface area contributed by atoms with Crippen LogP contribution in [0.5, 0.6) is 0 Å². The zero-order valence-corrected chi connectivity index (χ0v) is 15.6. The number of hydrogen-bond acceptors (Lipinski definition) is 6. The van der Waals surface area contributed by atoms with Crippen molar-refractivity contribution in [3.05, 3.63) is 76.1 Å². The van der Waals surface area contributed by atoms with Crippen molar-refractivity contribution in [2.45, 2.75) is 19.0 Å². The second-order valence-corrected chi connectivity index (χ2v) is 6.74. The maximum atomic E-state index is 12.8. The Morgan fingerprint density at radius 1 is 1.07 bits per heavy atom. The molecule has 2 aromatic carbocycles. The Kier molecular flexibility index (Phi) is 4.98. The average molecular weight is 415 g/mol. The number of fused-ring (bicyclic) bond motifs is 1. The van der Waals surface area contributed by atoms with Gasteiger partial charge in [-0.25, -0.2) is 9.97 Å². The van der Waals surface area contributed by atoms with Gasteiger partial charge in [0, 0.05) is 17.9 Å². The fourth-order valence-corrected chi connectivity index (χ4v) is 3.46. The summed E-state index contributed by atoms with van der Waals surface area (Å²) in [6.07, 6.45) is -1.59. The van der Waals surface area contributed by atoms with Crippen molar-refractivity contribution < 1.29 is 18.1 Å². The number of aromatic nitrogens is 2. The lowest BCUT2D eigenvalue weighted by atomic mass is 10.0. The number of nitro groups is 1. The quantitative estimate of drug-likeness (QED) is 0.464. The maximum absolute atomic E-state index is 12.8. The number of nitrogens with zero attached hydrogens (tertiary/aromatic N) is 4. The summed E-state index contributed by atoms with van der Waals surface area (Å²) in [6, 6.07) is 11.8. The molecule has 0 aliphatic carbocycles. The largest absolute Gasteiger partial charge is 0.416 e. The second kappa shape index (κ2) is 7.62. The highest BCUT2D eigenvalue weighted by Crippen LogP contribution is 2.40. The average Bonchev–Trinajstić information content (AvgIpc) is 2.73. The molecule has 30 heavy (non-hydrogen) atoms. The van der Waals surface area contributed by atoms with Crippen LogP contribution in [0.3, 0.4) is 0 Å². The lowest BCUT2D eigenvalue weighted by molar-refractivity contribution is -0.383. The highest BCUT2D eigenvalue weighted by atomic mass is 19.4. The molecule has 2 heterocycles. The Bertz CT molecular complexity index is 1090. The number of nitrogens with one attached hydrogen (secondary N) is 1. The minimum absolute atomic E-state index is 0.0900. The fraction of sp³-hybridized carbons (Fsp3) is 0.200. The van der Waals surface area contributed by atoms with E-state index in [0.29, 0.717) is 6.54 Å². The van der Waals surface area contributed by atoms with Gasteiger partial charge in [0.1, 0.15) is 6.33 Å². The molecular weight excluding hydrogens is 399 g/mol. The second-order valence-electron chi connectivity index (χ2n) is 6.74. The van der Waals surface area contributed by atoms with Gasteiger partial charge in [0.05, 0.1) is 10.5 Å². The van der Waals surface area contributed by atoms with Gasteiger partial charge in [-0.3, -0.25) is 10.1 Å². The van der Waals surface area contributed by atoms with Crippen LogP contribution in [0.25, 0.3) is 0 Å². The lowest BCUT2D eigenvalue weighted by Crippen LogP contribution is -2.26. The van der Waals surface area contributed by atoms with E-state index in [2.05, 4.69) is 15.3 Å². The van der Waals surface area contributed by atoms with Crippen molar-refractivity contribution in [3.63, 3.8) is 0 Å². The summed E-state index contributed by atoms with van der Waals surface area (Å²) < 4.78 is 38.3. The minimum Gasteiger partial charge on any atom is -0.334 e. The third kappa shape index (κ3) is 3.76. The van der Waals surface area contributed by atoms with Gasteiger partial charge in [-0.2, -0.15) is 13.2 Å². The van der Waals surface area contributed by atoms with E-state index in [-0.39, 0.29) is 23.0 Å². The van der Waals surface area contributed by atoms with Crippen molar-refractivity contribution in [1.29, 1.82) is 0 Å². The van der Waals surface area contributed by atoms with Gasteiger partial charge in [0.25, 0.3) is 0 Å². The number of alkyl halides is 3. The van der Waals surface area contributed by atoms with Crippen molar-refractivity contribution in [2.24, 2.45) is 0 Å². The molecule has 0 bridgehead atoms. The topological polar surface area (TPSA) is 84.2 Å². The Morgan fingerprint density at radius 2 is 1.80 bits per heavy atom. The molecule has 1 aromatic heterocycles. The highest BCUT2D eigenvalue weighted by molar-refractivity contribution is 5.79. The van der Waals surface area contributed by atoms with E-state index in [4.69, 9.17) is 0 Å². The van der Waals surface area contributed by atoms with Gasteiger partial charge in [0.15, 0.2) is 0 Å². The summed E-state index contributed by atoms with van der Waals surface area (Å²) in [6.45, 7) is 0.550. The molecule has 0 unspecified atom stereocenters. The normalized spacial score (nSPS) is 13.6. The number of rotatable bonds is 4. The molecule has 7 nitrogen and oxygen atoms in total. The summed E-state index contributed by atoms with van der Waals surface area (Å²) in [5.41, 5.74) is 1.000. The Balaban J connectivity index is 1.72. The third-order valence-corrected chi connectivity index (χ3v) is 4.83. The molecule has 1 aliphatic rings. The number of benzene rings is 2. The minimum atomic E-state index is -4.46. The van der Waals surface area contributed by atoms with Gasteiger partial charge < -0.3 is 10.2 Å². The zero-order valence-electron chi connectivity index (χ0n) is 15.6. The first-order valence-corrected chi connectivity index (χ1v) is 9.14. The van der Waals surface area contributed by atoms with Crippen LogP contribution < -0.4 is 10.2 Å². The molecular formula is C20H16F3N5O2. The molecule has 0 amide bonds. The van der Waals surface area contributed by atoms with E-state index in [1.54, 1.807) is 4.90 Å². The van der Waals surface area contributed by atoms with E-state index >= 15 is 0 Å². The van der Waals surface area contributed by atoms with Gasteiger partial charge >= 0.3 is 11.9 Å². The molecule has 10 heteroatoms. The van der Waals surface area contributed by atoms with E-state index in [1.807, 2.05) is 24.3 Å². The Labute approximate surface area is 169 Å². The standard InChI is InChI=1S/C20H16F3N5O2/c21-20(22,23)14-7-9-15(10-8-14)26-18-17(28(29)30)19(25-12-24-18)27-11-3-5-13-4-1-2-6-16(13)27/h1-2,4,6-10,12H,3,5,11H2,(H,24,25,26). The van der Waals surface area contributed by atoms with Crippen molar-refractivity contribution >= 4 is 28.7 Å². The first kappa shape index (κ1) is 19.6. The molecule has 0 atom stereocenters. The number of para-hydroxylation sites is 1. The summed E-state index contributed by atoms with van der Waals surface area (Å²) in [4.78, 5) is 21.2. The fourth-order valence-electron chi connectivity index (χ4n) is 3.46. The summed E-state index contributed by atoms with van der Waals surface area (Å²) in [7, 11) is 0. The van der Waals surface area contributed by atoms with E-state index < -0.39 is 16.7 Å². The van der Waals surface area contributed by atoms with E-state index in [9.17, 15) is 23.3 Å². The number of halogens is 3. The van der Waals surface area contributed by atoms with Crippen molar-refractivity contribution in [1.82, 2.24) is 9.97 Å². The highest BCUT2D eigenvalue weighted by Gasteiger charge is 2.31. The van der Waals surface area contributed by atoms with E-state index in [0.717, 1.165) is 36.2 Å². The summed E-state index contributed by atoms with van der Waals surface area (Å²) in [5.74, 6) is 0.0457. The Hall–Kier alpha value is -3.69.